The van der Waals surface area contributed by atoms with Crippen molar-refractivity contribution >= 4 is 32.3 Å². The number of hydrogen-bond donors (Lipinski definition) is 0. The predicted octanol–water partition coefficient (Wildman–Crippen LogP) is 10.1. The van der Waals surface area contributed by atoms with Crippen LogP contribution in [0.3, 0.4) is 0 Å². The largest absolute Gasteiger partial charge is 0.455 e. The summed E-state index contributed by atoms with van der Waals surface area (Å²) in [5.74, 6) is 2.49. The summed E-state index contributed by atoms with van der Waals surface area (Å²) in [5.41, 5.74) is 8.02. The summed E-state index contributed by atoms with van der Waals surface area (Å²) in [7, 11) is 2.18. The van der Waals surface area contributed by atoms with E-state index in [1.807, 2.05) is 0 Å². The van der Waals surface area contributed by atoms with Gasteiger partial charge in [-0.2, -0.15) is 0 Å². The normalized spacial score (nSPS) is 13.4. The maximum Gasteiger partial charge on any atom is 0.228 e. The number of rotatable bonds is 2. The maximum atomic E-state index is 7.11. The van der Waals surface area contributed by atoms with Gasteiger partial charge in [-0.1, -0.05) is 91.8 Å². The molecule has 0 fully saturated rings. The molecule has 2 heterocycles. The van der Waals surface area contributed by atoms with Crippen LogP contribution >= 0.6 is 0 Å². The zero-order chi connectivity index (χ0) is 28.0. The molecule has 0 radical (unpaired) electrons. The Hall–Kier alpha value is -3.39. The Bertz CT molecular complexity index is 1810. The average molecular weight is 517 g/mol. The lowest BCUT2D eigenvalue weighted by Gasteiger charge is -2.29. The molecule has 39 heavy (non-hydrogen) atoms. The van der Waals surface area contributed by atoms with Gasteiger partial charge in [0.1, 0.15) is 18.5 Å². The van der Waals surface area contributed by atoms with Crippen LogP contribution in [0.1, 0.15) is 83.6 Å². The van der Waals surface area contributed by atoms with E-state index < -0.39 is 0 Å². The van der Waals surface area contributed by atoms with Gasteiger partial charge < -0.3 is 4.74 Å². The summed E-state index contributed by atoms with van der Waals surface area (Å²) >= 11 is 0. The van der Waals surface area contributed by atoms with Crippen LogP contribution in [0.15, 0.2) is 54.7 Å². The molecule has 0 bridgehead atoms. The first-order chi connectivity index (χ1) is 18.3. The lowest BCUT2D eigenvalue weighted by atomic mass is 9.80. The Kier molecular flexibility index (Phi) is 5.67. The van der Waals surface area contributed by atoms with Crippen molar-refractivity contribution < 1.29 is 9.30 Å². The van der Waals surface area contributed by atoms with E-state index in [2.05, 4.69) is 129 Å². The molecule has 1 aliphatic rings. The first-order valence-corrected chi connectivity index (χ1v) is 14.4. The zero-order valence-electron chi connectivity index (χ0n) is 25.3. The molecule has 0 amide bonds. The number of aryl methyl sites for hydroxylation is 2. The number of nitrogens with zero attached hydrogens (tertiary/aromatic N) is 1. The molecule has 2 nitrogen and oxygen atoms in total. The summed E-state index contributed by atoms with van der Waals surface area (Å²) in [6.45, 7) is 20.7. The highest BCUT2D eigenvalue weighted by molar-refractivity contribution is 6.17. The molecule has 0 aliphatic carbocycles. The van der Waals surface area contributed by atoms with E-state index in [0.29, 0.717) is 5.92 Å². The van der Waals surface area contributed by atoms with Crippen molar-refractivity contribution in [2.24, 2.45) is 12.5 Å². The molecular formula is C37H42NO+. The molecule has 6 rings (SSSR count). The molecule has 5 aromatic rings. The van der Waals surface area contributed by atoms with E-state index >= 15 is 0 Å². The van der Waals surface area contributed by atoms with Gasteiger partial charge in [0, 0.05) is 17.0 Å². The van der Waals surface area contributed by atoms with Gasteiger partial charge in [0.2, 0.25) is 5.69 Å². The molecular weight excluding hydrogens is 474 g/mol. The Morgan fingerprint density at radius 1 is 0.821 bits per heavy atom. The van der Waals surface area contributed by atoms with E-state index in [0.717, 1.165) is 17.9 Å². The molecule has 0 N–H and O–H groups in total. The topological polar surface area (TPSA) is 13.1 Å². The number of aromatic nitrogens is 1. The molecule has 1 aromatic heterocycles. The summed E-state index contributed by atoms with van der Waals surface area (Å²) < 4.78 is 9.41. The molecule has 2 heteroatoms. The Labute approximate surface area is 233 Å². The van der Waals surface area contributed by atoms with E-state index in [1.54, 1.807) is 0 Å². The molecule has 200 valence electrons. The van der Waals surface area contributed by atoms with Crippen molar-refractivity contribution in [2.75, 3.05) is 0 Å². The third-order valence-corrected chi connectivity index (χ3v) is 8.52. The summed E-state index contributed by atoms with van der Waals surface area (Å²) in [4.78, 5) is 0. The maximum absolute atomic E-state index is 7.11. The first kappa shape index (κ1) is 25.9. The third-order valence-electron chi connectivity index (χ3n) is 8.52. The van der Waals surface area contributed by atoms with Crippen molar-refractivity contribution in [3.8, 4) is 22.8 Å². The van der Waals surface area contributed by atoms with Gasteiger partial charge in [-0.05, 0) is 74.4 Å². The Morgan fingerprint density at radius 2 is 1.56 bits per heavy atom. The van der Waals surface area contributed by atoms with Gasteiger partial charge in [0.05, 0.1) is 10.9 Å². The quantitative estimate of drug-likeness (QED) is 0.165. The number of pyridine rings is 1. The van der Waals surface area contributed by atoms with Crippen LogP contribution in [0, 0.1) is 12.3 Å². The van der Waals surface area contributed by atoms with E-state index in [9.17, 15) is 0 Å². The minimum atomic E-state index is 0.0348. The highest BCUT2D eigenvalue weighted by atomic mass is 16.5. The molecule has 0 spiro atoms. The van der Waals surface area contributed by atoms with E-state index in [1.165, 1.54) is 65.8 Å². The summed E-state index contributed by atoms with van der Waals surface area (Å²) in [6.07, 6.45) is 3.18. The fourth-order valence-electron chi connectivity index (χ4n) is 6.60. The number of benzene rings is 4. The predicted molar refractivity (Wildman–Crippen MR) is 166 cm³/mol. The lowest BCUT2D eigenvalue weighted by molar-refractivity contribution is -0.659. The van der Waals surface area contributed by atoms with Crippen molar-refractivity contribution in [3.63, 3.8) is 0 Å². The van der Waals surface area contributed by atoms with Crippen LogP contribution in [0.25, 0.3) is 43.6 Å². The minimum Gasteiger partial charge on any atom is -0.455 e. The molecule has 0 unspecified atom stereocenters. The highest BCUT2D eigenvalue weighted by Gasteiger charge is 2.35. The Balaban J connectivity index is 1.80. The fourth-order valence-corrected chi connectivity index (χ4v) is 6.60. The molecule has 0 saturated carbocycles. The van der Waals surface area contributed by atoms with Crippen LogP contribution < -0.4 is 9.30 Å². The second-order valence-electron chi connectivity index (χ2n) is 14.2. The Morgan fingerprint density at radius 3 is 2.23 bits per heavy atom. The molecule has 0 atom stereocenters. The van der Waals surface area contributed by atoms with Gasteiger partial charge in [-0.15, -0.1) is 0 Å². The second-order valence-corrected chi connectivity index (χ2v) is 14.2. The average Bonchev–Trinajstić information content (AvgIpc) is 2.85. The van der Waals surface area contributed by atoms with Crippen molar-refractivity contribution in [2.45, 2.75) is 80.1 Å². The van der Waals surface area contributed by atoms with Crippen LogP contribution in [0.5, 0.6) is 11.5 Å². The van der Waals surface area contributed by atoms with Gasteiger partial charge in [-0.3, -0.25) is 0 Å². The van der Waals surface area contributed by atoms with E-state index in [-0.39, 0.29) is 10.8 Å². The van der Waals surface area contributed by atoms with Gasteiger partial charge in [-0.25, -0.2) is 4.57 Å². The zero-order valence-corrected chi connectivity index (χ0v) is 25.3. The SMILES string of the molecule is Cc1c2c(c(CC(C)(C)C)c3ccc(C(C)C)cc13)Oc1cc3c(C(C)(C)C)cccc3c3cc[n+](C)c-2c13. The second kappa shape index (κ2) is 8.55. The lowest BCUT2D eigenvalue weighted by Crippen LogP contribution is -2.32. The van der Waals surface area contributed by atoms with Gasteiger partial charge in [0.15, 0.2) is 6.20 Å². The fraction of sp³-hybridized carbons (Fsp3) is 0.378. The van der Waals surface area contributed by atoms with Crippen molar-refractivity contribution in [3.05, 3.63) is 77.0 Å². The molecule has 4 aromatic carbocycles. The van der Waals surface area contributed by atoms with Gasteiger partial charge in [0.25, 0.3) is 0 Å². The monoisotopic (exact) mass is 516 g/mol. The summed E-state index contributed by atoms with van der Waals surface area (Å²) in [5, 5.41) is 7.73. The molecule has 1 aliphatic heterocycles. The third kappa shape index (κ3) is 4.03. The van der Waals surface area contributed by atoms with Crippen molar-refractivity contribution in [1.29, 1.82) is 0 Å². The minimum absolute atomic E-state index is 0.0348. The highest BCUT2D eigenvalue weighted by Crippen LogP contribution is 2.53. The van der Waals surface area contributed by atoms with Gasteiger partial charge >= 0.3 is 0 Å². The van der Waals surface area contributed by atoms with E-state index in [4.69, 9.17) is 4.74 Å². The van der Waals surface area contributed by atoms with Crippen LogP contribution in [0.2, 0.25) is 0 Å². The molecule has 0 saturated heterocycles. The number of ether oxygens (including phenoxy) is 1. The number of fused-ring (bicyclic) bond motifs is 5. The van der Waals surface area contributed by atoms with Crippen LogP contribution in [0.4, 0.5) is 0 Å². The van der Waals surface area contributed by atoms with Crippen LogP contribution in [-0.2, 0) is 18.9 Å². The number of hydrogen-bond acceptors (Lipinski definition) is 1. The smallest absolute Gasteiger partial charge is 0.228 e. The summed E-state index contributed by atoms with van der Waals surface area (Å²) in [6, 6.07) is 18.4. The van der Waals surface area contributed by atoms with Crippen LogP contribution in [-0.4, -0.2) is 0 Å². The standard InChI is InChI=1S/C37H42NO/c1-21(2)23-14-15-25-27(18-23)22(3)32-34-33-26(16-17-38(34)10)24-12-11-13-30(37(7,8)9)28(24)19-31(33)39-35(32)29(25)20-36(4,5)6/h11-19,21H,20H2,1-10H3/q+1. The van der Waals surface area contributed by atoms with Crippen molar-refractivity contribution in [1.82, 2.24) is 0 Å². The first-order valence-electron chi connectivity index (χ1n) is 14.4.